The highest BCUT2D eigenvalue weighted by Gasteiger charge is 2.28. The molecule has 0 aliphatic carbocycles. The predicted octanol–water partition coefficient (Wildman–Crippen LogP) is 4.02. The second-order valence-corrected chi connectivity index (χ2v) is 6.92. The van der Waals surface area contributed by atoms with Crippen molar-refractivity contribution in [1.82, 2.24) is 19.8 Å². The van der Waals surface area contributed by atoms with Crippen LogP contribution in [0.15, 0.2) is 48.5 Å². The minimum Gasteiger partial charge on any atom is -0.485 e. The molecule has 2 aromatic heterocycles. The number of nitrogens with zero attached hydrogens (tertiary/aromatic N) is 4. The molecule has 5 rings (SSSR count). The predicted molar refractivity (Wildman–Crippen MR) is 94.4 cm³/mol. The van der Waals surface area contributed by atoms with E-state index in [2.05, 4.69) is 15.3 Å². The summed E-state index contributed by atoms with van der Waals surface area (Å²) in [6.45, 7) is 0.367. The molecule has 0 fully saturated rings. The standard InChI is InChI=1S/C17H11ClN4O2S/c18-11-7-5-10(6-8-11)16-21-22-15(19-20-17(22)25-16)14-9-23-12-3-1-2-4-13(12)24-14/h1-8,14H,9H2/t14-/m1/s1. The molecule has 0 saturated heterocycles. The lowest BCUT2D eigenvalue weighted by atomic mass is 10.2. The van der Waals surface area contributed by atoms with Gasteiger partial charge in [0.2, 0.25) is 4.96 Å². The molecule has 3 heterocycles. The van der Waals surface area contributed by atoms with E-state index in [9.17, 15) is 0 Å². The zero-order valence-electron chi connectivity index (χ0n) is 12.8. The number of aromatic nitrogens is 4. The van der Waals surface area contributed by atoms with Gasteiger partial charge in [-0.2, -0.15) is 9.61 Å². The lowest BCUT2D eigenvalue weighted by Gasteiger charge is -2.24. The van der Waals surface area contributed by atoms with Crippen molar-refractivity contribution in [2.75, 3.05) is 6.61 Å². The number of para-hydroxylation sites is 2. The number of benzene rings is 2. The Bertz CT molecular complexity index is 1060. The van der Waals surface area contributed by atoms with Crippen molar-refractivity contribution in [3.63, 3.8) is 0 Å². The van der Waals surface area contributed by atoms with Gasteiger partial charge in [-0.3, -0.25) is 0 Å². The molecule has 0 amide bonds. The molecule has 0 spiro atoms. The summed E-state index contributed by atoms with van der Waals surface area (Å²) in [4.78, 5) is 0.711. The third-order valence-electron chi connectivity index (χ3n) is 3.90. The number of fused-ring (bicyclic) bond motifs is 2. The zero-order valence-corrected chi connectivity index (χ0v) is 14.4. The van der Waals surface area contributed by atoms with Gasteiger partial charge < -0.3 is 9.47 Å². The van der Waals surface area contributed by atoms with Gasteiger partial charge >= 0.3 is 0 Å². The molecule has 124 valence electrons. The Balaban J connectivity index is 1.51. The first-order valence-electron chi connectivity index (χ1n) is 7.64. The van der Waals surface area contributed by atoms with E-state index in [1.54, 1.807) is 4.52 Å². The van der Waals surface area contributed by atoms with Crippen molar-refractivity contribution in [3.05, 3.63) is 59.4 Å². The third kappa shape index (κ3) is 2.52. The second-order valence-electron chi connectivity index (χ2n) is 5.53. The highest BCUT2D eigenvalue weighted by atomic mass is 35.5. The Morgan fingerprint density at radius 2 is 1.84 bits per heavy atom. The highest BCUT2D eigenvalue weighted by Crippen LogP contribution is 2.36. The van der Waals surface area contributed by atoms with Crippen LogP contribution in [0.1, 0.15) is 11.9 Å². The van der Waals surface area contributed by atoms with Gasteiger partial charge in [-0.15, -0.1) is 10.2 Å². The fourth-order valence-electron chi connectivity index (χ4n) is 2.69. The van der Waals surface area contributed by atoms with E-state index < -0.39 is 0 Å². The maximum atomic E-state index is 6.01. The largest absolute Gasteiger partial charge is 0.485 e. The van der Waals surface area contributed by atoms with Crippen LogP contribution in [0.25, 0.3) is 15.5 Å². The Kier molecular flexibility index (Phi) is 3.36. The quantitative estimate of drug-likeness (QED) is 0.533. The third-order valence-corrected chi connectivity index (χ3v) is 5.10. The average Bonchev–Trinajstić information content (AvgIpc) is 3.22. The number of hydrogen-bond acceptors (Lipinski definition) is 6. The summed E-state index contributed by atoms with van der Waals surface area (Å²) in [5.74, 6) is 2.06. The lowest BCUT2D eigenvalue weighted by molar-refractivity contribution is 0.0836. The van der Waals surface area contributed by atoms with Gasteiger partial charge in [-0.1, -0.05) is 47.2 Å². The molecular formula is C17H11ClN4O2S. The molecular weight excluding hydrogens is 360 g/mol. The van der Waals surface area contributed by atoms with E-state index in [0.29, 0.717) is 28.2 Å². The van der Waals surface area contributed by atoms with Gasteiger partial charge in [0.25, 0.3) is 0 Å². The summed E-state index contributed by atoms with van der Waals surface area (Å²) >= 11 is 7.42. The van der Waals surface area contributed by atoms with E-state index in [-0.39, 0.29) is 6.10 Å². The van der Waals surface area contributed by atoms with Crippen molar-refractivity contribution in [2.24, 2.45) is 0 Å². The second kappa shape index (κ2) is 5.72. The summed E-state index contributed by atoms with van der Waals surface area (Å²) in [5, 5.41) is 14.6. The lowest BCUT2D eigenvalue weighted by Crippen LogP contribution is -2.23. The smallest absolute Gasteiger partial charge is 0.235 e. The average molecular weight is 371 g/mol. The Morgan fingerprint density at radius 1 is 1.04 bits per heavy atom. The number of rotatable bonds is 2. The van der Waals surface area contributed by atoms with Crippen molar-refractivity contribution < 1.29 is 9.47 Å². The molecule has 4 aromatic rings. The van der Waals surface area contributed by atoms with Crippen LogP contribution in [0.5, 0.6) is 11.5 Å². The van der Waals surface area contributed by atoms with E-state index >= 15 is 0 Å². The Morgan fingerprint density at radius 3 is 2.68 bits per heavy atom. The van der Waals surface area contributed by atoms with Gasteiger partial charge in [-0.25, -0.2) is 0 Å². The Labute approximate surface area is 151 Å². The van der Waals surface area contributed by atoms with E-state index in [1.165, 1.54) is 11.3 Å². The van der Waals surface area contributed by atoms with Crippen molar-refractivity contribution >= 4 is 27.9 Å². The van der Waals surface area contributed by atoms with Gasteiger partial charge in [0.05, 0.1) is 0 Å². The van der Waals surface area contributed by atoms with Crippen LogP contribution in [0, 0.1) is 0 Å². The van der Waals surface area contributed by atoms with Gasteiger partial charge in [-0.05, 0) is 24.3 Å². The summed E-state index contributed by atoms with van der Waals surface area (Å²) in [6, 6.07) is 15.1. The minimum atomic E-state index is -0.356. The highest BCUT2D eigenvalue weighted by molar-refractivity contribution is 7.19. The normalized spacial score (nSPS) is 16.3. The molecule has 6 nitrogen and oxygen atoms in total. The fourth-order valence-corrected chi connectivity index (χ4v) is 3.67. The fraction of sp³-hybridized carbons (Fsp3) is 0.118. The van der Waals surface area contributed by atoms with Crippen molar-refractivity contribution in [1.29, 1.82) is 0 Å². The molecule has 0 radical (unpaired) electrons. The summed E-state index contributed by atoms with van der Waals surface area (Å²) < 4.78 is 13.5. The van der Waals surface area contributed by atoms with Crippen LogP contribution >= 0.6 is 22.9 Å². The molecule has 8 heteroatoms. The van der Waals surface area contributed by atoms with E-state index in [4.69, 9.17) is 21.1 Å². The molecule has 1 aliphatic heterocycles. The van der Waals surface area contributed by atoms with Crippen LogP contribution < -0.4 is 9.47 Å². The van der Waals surface area contributed by atoms with Crippen LogP contribution in [0.2, 0.25) is 5.02 Å². The van der Waals surface area contributed by atoms with Gasteiger partial charge in [0, 0.05) is 10.6 Å². The molecule has 0 bridgehead atoms. The van der Waals surface area contributed by atoms with E-state index in [1.807, 2.05) is 48.5 Å². The zero-order chi connectivity index (χ0) is 16.8. The Hall–Kier alpha value is -2.64. The van der Waals surface area contributed by atoms with Gasteiger partial charge in [0.1, 0.15) is 11.6 Å². The molecule has 0 saturated carbocycles. The van der Waals surface area contributed by atoms with Crippen LogP contribution in [-0.4, -0.2) is 26.4 Å². The molecule has 0 unspecified atom stereocenters. The summed E-state index contributed by atoms with van der Waals surface area (Å²) in [7, 11) is 0. The van der Waals surface area contributed by atoms with Crippen molar-refractivity contribution in [2.45, 2.75) is 6.10 Å². The monoisotopic (exact) mass is 370 g/mol. The number of hydrogen-bond donors (Lipinski definition) is 0. The van der Waals surface area contributed by atoms with Crippen molar-refractivity contribution in [3.8, 4) is 22.1 Å². The first kappa shape index (κ1) is 14.7. The number of halogens is 1. The minimum absolute atomic E-state index is 0.356. The van der Waals surface area contributed by atoms with Crippen LogP contribution in [-0.2, 0) is 0 Å². The number of ether oxygens (including phenoxy) is 2. The SMILES string of the molecule is Clc1ccc(-c2nn3c([C@H]4COc5ccccc5O4)nnc3s2)cc1. The maximum Gasteiger partial charge on any atom is 0.235 e. The first-order valence-corrected chi connectivity index (χ1v) is 8.84. The maximum absolute atomic E-state index is 6.01. The molecule has 2 aromatic carbocycles. The first-order chi connectivity index (χ1) is 12.3. The van der Waals surface area contributed by atoms with E-state index in [0.717, 1.165) is 16.3 Å². The summed E-state index contributed by atoms with van der Waals surface area (Å²) in [6.07, 6.45) is -0.356. The van der Waals surface area contributed by atoms with Crippen LogP contribution in [0.4, 0.5) is 0 Å². The molecule has 1 atom stereocenters. The molecule has 1 aliphatic rings. The summed E-state index contributed by atoms with van der Waals surface area (Å²) in [5.41, 5.74) is 0.983. The molecule has 25 heavy (non-hydrogen) atoms. The van der Waals surface area contributed by atoms with Gasteiger partial charge in [0.15, 0.2) is 23.4 Å². The van der Waals surface area contributed by atoms with Crippen LogP contribution in [0.3, 0.4) is 0 Å². The molecule has 0 N–H and O–H groups in total. The topological polar surface area (TPSA) is 61.5 Å².